The molecule has 2 fully saturated rings. The van der Waals surface area contributed by atoms with E-state index in [1.807, 2.05) is 28.9 Å². The largest absolute Gasteiger partial charge is 0.378 e. The van der Waals surface area contributed by atoms with Crippen molar-refractivity contribution in [1.29, 1.82) is 0 Å². The number of morpholine rings is 1. The molecule has 0 unspecified atom stereocenters. The maximum absolute atomic E-state index is 13.5. The van der Waals surface area contributed by atoms with E-state index >= 15 is 0 Å². The first kappa shape index (κ1) is 23.0. The summed E-state index contributed by atoms with van der Waals surface area (Å²) in [4.78, 5) is 23.0. The molecule has 3 heterocycles. The first-order valence-electron chi connectivity index (χ1n) is 11.6. The summed E-state index contributed by atoms with van der Waals surface area (Å²) >= 11 is 0. The van der Waals surface area contributed by atoms with E-state index in [4.69, 9.17) is 4.74 Å². The average molecular weight is 486 g/mol. The highest BCUT2D eigenvalue weighted by molar-refractivity contribution is 5.75. The molecule has 0 atom stereocenters. The molecule has 1 N–H and O–H groups in total. The Morgan fingerprint density at radius 3 is 2.31 bits per heavy atom. The zero-order valence-electron chi connectivity index (χ0n) is 19.5. The summed E-state index contributed by atoms with van der Waals surface area (Å²) in [6, 6.07) is 9.36. The van der Waals surface area contributed by atoms with E-state index in [2.05, 4.69) is 26.4 Å². The second-order valence-electron chi connectivity index (χ2n) is 8.68. The number of halogens is 2. The van der Waals surface area contributed by atoms with Crippen molar-refractivity contribution in [2.75, 3.05) is 62.7 Å². The third kappa shape index (κ3) is 5.35. The molecule has 2 saturated heterocycles. The molecule has 5 rings (SSSR count). The summed E-state index contributed by atoms with van der Waals surface area (Å²) in [5, 5.41) is 7.47. The summed E-state index contributed by atoms with van der Waals surface area (Å²) in [5.74, 6) is -1.05. The normalized spacial score (nSPS) is 16.5. The van der Waals surface area contributed by atoms with E-state index < -0.39 is 11.6 Å². The van der Waals surface area contributed by atoms with Crippen LogP contribution in [0.5, 0.6) is 0 Å². The minimum Gasteiger partial charge on any atom is -0.378 e. The summed E-state index contributed by atoms with van der Waals surface area (Å²) in [5.41, 5.74) is 3.15. The molecule has 2 aromatic carbocycles. The number of aromatic nitrogens is 3. The van der Waals surface area contributed by atoms with Gasteiger partial charge < -0.3 is 24.8 Å². The van der Waals surface area contributed by atoms with Gasteiger partial charge in [0.1, 0.15) is 18.0 Å². The van der Waals surface area contributed by atoms with Crippen molar-refractivity contribution >= 4 is 23.4 Å². The van der Waals surface area contributed by atoms with Crippen molar-refractivity contribution in [1.82, 2.24) is 24.6 Å². The predicted molar refractivity (Wildman–Crippen MR) is 129 cm³/mol. The van der Waals surface area contributed by atoms with Crippen LogP contribution in [0.3, 0.4) is 0 Å². The van der Waals surface area contributed by atoms with Crippen molar-refractivity contribution in [3.05, 3.63) is 59.9 Å². The summed E-state index contributed by atoms with van der Waals surface area (Å²) in [6.07, 6.45) is 1.40. The number of piperazine rings is 1. The van der Waals surface area contributed by atoms with Gasteiger partial charge in [0.25, 0.3) is 0 Å². The first-order valence-corrected chi connectivity index (χ1v) is 11.6. The SMILES string of the molecule is Cc1cc(Nc2ncn(-c3cc(F)cc(F)c3)n2)cc(N2CCN(C(=O)N3CCOCC3)CC2)c1.[HH]. The molecule has 11 heteroatoms. The summed E-state index contributed by atoms with van der Waals surface area (Å²) < 4.78 is 33.7. The Labute approximate surface area is 203 Å². The van der Waals surface area contributed by atoms with E-state index in [0.29, 0.717) is 45.3 Å². The van der Waals surface area contributed by atoms with Crippen LogP contribution in [0.25, 0.3) is 5.69 Å². The van der Waals surface area contributed by atoms with Crippen LogP contribution in [0.1, 0.15) is 6.99 Å². The number of carbonyl (C=O) groups is 1. The van der Waals surface area contributed by atoms with Gasteiger partial charge in [-0.15, -0.1) is 5.10 Å². The Kier molecular flexibility index (Phi) is 6.49. The smallest absolute Gasteiger partial charge is 0.320 e. The van der Waals surface area contributed by atoms with Crippen molar-refractivity contribution in [2.45, 2.75) is 6.92 Å². The lowest BCUT2D eigenvalue weighted by molar-refractivity contribution is 0.0428. The third-order valence-corrected chi connectivity index (χ3v) is 6.12. The van der Waals surface area contributed by atoms with E-state index in [9.17, 15) is 13.6 Å². The molecule has 0 saturated carbocycles. The predicted octanol–water partition coefficient (Wildman–Crippen LogP) is 3.42. The number of carbonyl (C=O) groups excluding carboxylic acids is 1. The Morgan fingerprint density at radius 2 is 1.60 bits per heavy atom. The van der Waals surface area contributed by atoms with E-state index in [-0.39, 0.29) is 13.1 Å². The number of amides is 2. The zero-order chi connectivity index (χ0) is 24.4. The maximum Gasteiger partial charge on any atom is 0.320 e. The Bertz CT molecular complexity index is 1190. The second kappa shape index (κ2) is 9.87. The lowest BCUT2D eigenvalue weighted by atomic mass is 10.1. The standard InChI is InChI=1S/C24H27F2N7O2.H2/c1-17-10-20(28-23-27-16-33(29-23)22-13-18(25)12-19(26)14-22)15-21(11-17)30-2-4-31(5-3-30)24(34)32-6-8-35-9-7-32;/h10-16H,2-9H2,1H3,(H,28,29);1H. The molecular weight excluding hydrogens is 456 g/mol. The van der Waals surface area contributed by atoms with Gasteiger partial charge in [0.2, 0.25) is 5.95 Å². The highest BCUT2D eigenvalue weighted by Gasteiger charge is 2.26. The van der Waals surface area contributed by atoms with E-state index in [0.717, 1.165) is 36.1 Å². The number of aryl methyl sites for hydroxylation is 1. The first-order chi connectivity index (χ1) is 16.9. The van der Waals surface area contributed by atoms with Crippen LogP contribution >= 0.6 is 0 Å². The fourth-order valence-corrected chi connectivity index (χ4v) is 4.37. The number of benzene rings is 2. The van der Waals surface area contributed by atoms with Gasteiger partial charge in [0, 0.05) is 58.1 Å². The molecular formula is C24H29F2N7O2. The molecule has 0 aliphatic carbocycles. The molecule has 186 valence electrons. The highest BCUT2D eigenvalue weighted by Crippen LogP contribution is 2.25. The number of nitrogens with one attached hydrogen (secondary N) is 1. The van der Waals surface area contributed by atoms with Gasteiger partial charge in [0.15, 0.2) is 0 Å². The number of urea groups is 1. The molecule has 35 heavy (non-hydrogen) atoms. The summed E-state index contributed by atoms with van der Waals surface area (Å²) in [6.45, 7) is 7.26. The number of rotatable bonds is 4. The minimum atomic E-state index is -0.680. The number of ether oxygens (including phenoxy) is 1. The van der Waals surface area contributed by atoms with Gasteiger partial charge in [-0.2, -0.15) is 4.98 Å². The molecule has 2 amide bonds. The number of hydrogen-bond donors (Lipinski definition) is 1. The van der Waals surface area contributed by atoms with Gasteiger partial charge in [-0.3, -0.25) is 0 Å². The minimum absolute atomic E-state index is 0. The average Bonchev–Trinajstić information content (AvgIpc) is 3.32. The molecule has 2 aliphatic heterocycles. The monoisotopic (exact) mass is 485 g/mol. The van der Waals surface area contributed by atoms with Crippen LogP contribution in [-0.4, -0.2) is 83.1 Å². The van der Waals surface area contributed by atoms with E-state index in [1.165, 1.54) is 23.1 Å². The quantitative estimate of drug-likeness (QED) is 0.610. The molecule has 0 radical (unpaired) electrons. The lowest BCUT2D eigenvalue weighted by Gasteiger charge is -2.39. The maximum atomic E-state index is 13.5. The van der Waals surface area contributed by atoms with Crippen LogP contribution in [0.15, 0.2) is 42.7 Å². The number of anilines is 3. The molecule has 9 nitrogen and oxygen atoms in total. The van der Waals surface area contributed by atoms with Crippen molar-refractivity contribution in [3.63, 3.8) is 0 Å². The van der Waals surface area contributed by atoms with Crippen molar-refractivity contribution < 1.29 is 19.7 Å². The molecule has 0 spiro atoms. The van der Waals surface area contributed by atoms with Crippen molar-refractivity contribution in [2.24, 2.45) is 0 Å². The fourth-order valence-electron chi connectivity index (χ4n) is 4.37. The topological polar surface area (TPSA) is 78.8 Å². The Morgan fingerprint density at radius 1 is 0.914 bits per heavy atom. The summed E-state index contributed by atoms with van der Waals surface area (Å²) in [7, 11) is 0. The van der Waals surface area contributed by atoms with Crippen LogP contribution in [0, 0.1) is 18.6 Å². The van der Waals surface area contributed by atoms with Gasteiger partial charge in [-0.05, 0) is 42.8 Å². The fraction of sp³-hybridized carbons (Fsp3) is 0.375. The van der Waals surface area contributed by atoms with Gasteiger partial charge in [-0.1, -0.05) is 0 Å². The molecule has 0 bridgehead atoms. The van der Waals surface area contributed by atoms with Gasteiger partial charge >= 0.3 is 6.03 Å². The van der Waals surface area contributed by atoms with Crippen LogP contribution < -0.4 is 10.2 Å². The number of nitrogens with zero attached hydrogens (tertiary/aromatic N) is 6. The Balaban J connectivity index is 0.00000304. The van der Waals surface area contributed by atoms with Crippen LogP contribution in [0.4, 0.5) is 30.9 Å². The molecule has 2 aliphatic rings. The third-order valence-electron chi connectivity index (χ3n) is 6.12. The molecule has 1 aromatic heterocycles. The van der Waals surface area contributed by atoms with Crippen LogP contribution in [0.2, 0.25) is 0 Å². The van der Waals surface area contributed by atoms with Gasteiger partial charge in [-0.25, -0.2) is 18.3 Å². The molecule has 3 aromatic rings. The highest BCUT2D eigenvalue weighted by atomic mass is 19.1. The van der Waals surface area contributed by atoms with Crippen LogP contribution in [-0.2, 0) is 4.74 Å². The lowest BCUT2D eigenvalue weighted by Crippen LogP contribution is -2.54. The van der Waals surface area contributed by atoms with E-state index in [1.54, 1.807) is 0 Å². The second-order valence-corrected chi connectivity index (χ2v) is 8.68. The Hall–Kier alpha value is -3.73. The van der Waals surface area contributed by atoms with Gasteiger partial charge in [0.05, 0.1) is 18.9 Å². The van der Waals surface area contributed by atoms with Crippen molar-refractivity contribution in [3.8, 4) is 5.69 Å². The zero-order valence-corrected chi connectivity index (χ0v) is 19.5. The number of hydrogen-bond acceptors (Lipinski definition) is 6.